The maximum Gasteiger partial charge on any atom is 0.306 e. The Morgan fingerprint density at radius 3 is 0.753 bits per heavy atom. The molecule has 0 saturated carbocycles. The molecule has 0 fully saturated rings. The van der Waals surface area contributed by atoms with Gasteiger partial charge in [-0.2, -0.15) is 0 Å². The topological polar surface area (TPSA) is 78.9 Å². The molecule has 81 heavy (non-hydrogen) atoms. The molecule has 0 aliphatic rings. The highest BCUT2D eigenvalue weighted by Gasteiger charge is 2.19. The van der Waals surface area contributed by atoms with Crippen molar-refractivity contribution in [2.24, 2.45) is 0 Å². The molecular formula is C75H132O6. The van der Waals surface area contributed by atoms with E-state index in [1.165, 1.54) is 193 Å². The Balaban J connectivity index is 4.30. The van der Waals surface area contributed by atoms with E-state index in [2.05, 4.69) is 106 Å². The summed E-state index contributed by atoms with van der Waals surface area (Å²) >= 11 is 0. The molecule has 0 aromatic rings. The van der Waals surface area contributed by atoms with Crippen molar-refractivity contribution in [3.05, 3.63) is 85.1 Å². The average molecular weight is 1130 g/mol. The summed E-state index contributed by atoms with van der Waals surface area (Å²) < 4.78 is 17.0. The summed E-state index contributed by atoms with van der Waals surface area (Å²) in [7, 11) is 0. The molecule has 0 amide bonds. The van der Waals surface area contributed by atoms with Gasteiger partial charge in [0.05, 0.1) is 0 Å². The number of esters is 3. The zero-order chi connectivity index (χ0) is 58.5. The zero-order valence-electron chi connectivity index (χ0n) is 53.8. The molecule has 0 aliphatic heterocycles. The third kappa shape index (κ3) is 67.3. The van der Waals surface area contributed by atoms with E-state index in [0.717, 1.165) is 122 Å². The van der Waals surface area contributed by atoms with E-state index in [-0.39, 0.29) is 31.1 Å². The molecule has 0 N–H and O–H groups in total. The van der Waals surface area contributed by atoms with E-state index < -0.39 is 6.10 Å². The number of hydrogen-bond acceptors (Lipinski definition) is 6. The van der Waals surface area contributed by atoms with Crippen LogP contribution in [-0.4, -0.2) is 37.2 Å². The molecule has 0 bridgehead atoms. The first-order chi connectivity index (χ1) is 40.0. The molecular weight excluding hydrogens is 997 g/mol. The summed E-state index contributed by atoms with van der Waals surface area (Å²) in [6, 6.07) is 0. The van der Waals surface area contributed by atoms with E-state index in [1.807, 2.05) is 0 Å². The van der Waals surface area contributed by atoms with Gasteiger partial charge in [-0.15, -0.1) is 0 Å². The molecule has 6 nitrogen and oxygen atoms in total. The predicted octanol–water partition coefficient (Wildman–Crippen LogP) is 24.2. The largest absolute Gasteiger partial charge is 0.462 e. The number of rotatable bonds is 64. The standard InChI is InChI=1S/C75H132O6/c1-4-7-10-13-16-19-22-25-28-30-32-34-36-37-39-40-42-44-47-50-53-56-59-62-65-68-74(77)80-71-72(70-79-73(76)67-64-61-58-55-52-49-46-27-24-21-18-15-12-9-6-3)81-75(78)69-66-63-60-57-54-51-48-45-43-41-38-35-33-31-29-26-23-20-17-14-11-8-5-2/h8-9,11-12,17-18,20-21,26-27,29,33,35,46,72H,4-7,10,13-16,19,22-25,28,30-32,34,36-45,47-71H2,1-3H3/b11-8-,12-9-,20-17-,21-18-,29-26-,35-33-,46-27-. The molecule has 0 heterocycles. The lowest BCUT2D eigenvalue weighted by molar-refractivity contribution is -0.167. The highest BCUT2D eigenvalue weighted by molar-refractivity contribution is 5.71. The molecule has 0 aromatic carbocycles. The summed E-state index contributed by atoms with van der Waals surface area (Å²) in [5.74, 6) is -0.884. The van der Waals surface area contributed by atoms with Crippen molar-refractivity contribution < 1.29 is 28.6 Å². The fourth-order valence-electron chi connectivity index (χ4n) is 10.2. The third-order valence-corrected chi connectivity index (χ3v) is 15.4. The van der Waals surface area contributed by atoms with Crippen molar-refractivity contribution in [1.82, 2.24) is 0 Å². The van der Waals surface area contributed by atoms with Gasteiger partial charge in [0, 0.05) is 19.3 Å². The number of carbonyl (C=O) groups excluding carboxylic acids is 3. The van der Waals surface area contributed by atoms with Gasteiger partial charge in [0.2, 0.25) is 0 Å². The molecule has 0 radical (unpaired) electrons. The second kappa shape index (κ2) is 69.1. The van der Waals surface area contributed by atoms with Crippen LogP contribution in [0.1, 0.15) is 355 Å². The molecule has 0 saturated heterocycles. The van der Waals surface area contributed by atoms with E-state index in [4.69, 9.17) is 14.2 Å². The summed E-state index contributed by atoms with van der Waals surface area (Å²) in [5.41, 5.74) is 0. The van der Waals surface area contributed by atoms with E-state index >= 15 is 0 Å². The van der Waals surface area contributed by atoms with Crippen molar-refractivity contribution in [2.45, 2.75) is 361 Å². The Morgan fingerprint density at radius 1 is 0.259 bits per heavy atom. The Labute approximate surface area is 503 Å². The van der Waals surface area contributed by atoms with Crippen LogP contribution in [0.4, 0.5) is 0 Å². The molecule has 468 valence electrons. The number of unbranched alkanes of at least 4 members (excludes halogenated alkanes) is 39. The predicted molar refractivity (Wildman–Crippen MR) is 353 cm³/mol. The van der Waals surface area contributed by atoms with Crippen LogP contribution in [0.15, 0.2) is 85.1 Å². The lowest BCUT2D eigenvalue weighted by Gasteiger charge is -2.18. The lowest BCUT2D eigenvalue weighted by Crippen LogP contribution is -2.30. The van der Waals surface area contributed by atoms with Crippen LogP contribution in [0.2, 0.25) is 0 Å². The van der Waals surface area contributed by atoms with Crippen LogP contribution in [-0.2, 0) is 28.6 Å². The first-order valence-corrected chi connectivity index (χ1v) is 35.1. The molecule has 1 unspecified atom stereocenters. The van der Waals surface area contributed by atoms with Crippen LogP contribution in [0.3, 0.4) is 0 Å². The van der Waals surface area contributed by atoms with Crippen molar-refractivity contribution in [3.63, 3.8) is 0 Å². The monoisotopic (exact) mass is 1130 g/mol. The quantitative estimate of drug-likeness (QED) is 0.0261. The van der Waals surface area contributed by atoms with Gasteiger partial charge in [0.15, 0.2) is 6.10 Å². The van der Waals surface area contributed by atoms with Gasteiger partial charge >= 0.3 is 17.9 Å². The SMILES string of the molecule is CC/C=C\C/C=C\C/C=C\C/C=C\CCCCCCCCCCCCC(=O)OC(COC(=O)CCCCCCC/C=C\C/C=C\C/C=C\CC)COC(=O)CCCCCCCCCCCCCCCCCCCCCCCCCCC. The van der Waals surface area contributed by atoms with Crippen molar-refractivity contribution in [1.29, 1.82) is 0 Å². The number of ether oxygens (including phenoxy) is 3. The van der Waals surface area contributed by atoms with Gasteiger partial charge in [-0.25, -0.2) is 0 Å². The van der Waals surface area contributed by atoms with Crippen molar-refractivity contribution in [2.75, 3.05) is 13.2 Å². The van der Waals surface area contributed by atoms with Crippen LogP contribution in [0.5, 0.6) is 0 Å². The lowest BCUT2D eigenvalue weighted by atomic mass is 10.0. The second-order valence-electron chi connectivity index (χ2n) is 23.4. The molecule has 1 atom stereocenters. The van der Waals surface area contributed by atoms with Crippen LogP contribution in [0, 0.1) is 0 Å². The second-order valence-corrected chi connectivity index (χ2v) is 23.4. The van der Waals surface area contributed by atoms with E-state index in [0.29, 0.717) is 19.3 Å². The Bertz CT molecular complexity index is 1530. The van der Waals surface area contributed by atoms with Crippen molar-refractivity contribution >= 4 is 17.9 Å². The van der Waals surface area contributed by atoms with Crippen LogP contribution in [0.25, 0.3) is 0 Å². The van der Waals surface area contributed by atoms with Gasteiger partial charge in [0.1, 0.15) is 13.2 Å². The fourth-order valence-corrected chi connectivity index (χ4v) is 10.2. The highest BCUT2D eigenvalue weighted by Crippen LogP contribution is 2.18. The maximum absolute atomic E-state index is 13.0. The number of hydrogen-bond donors (Lipinski definition) is 0. The molecule has 0 spiro atoms. The molecule has 0 rings (SSSR count). The van der Waals surface area contributed by atoms with Crippen LogP contribution < -0.4 is 0 Å². The number of allylic oxidation sites excluding steroid dienone is 14. The van der Waals surface area contributed by atoms with Gasteiger partial charge in [-0.05, 0) is 89.9 Å². The average Bonchev–Trinajstić information content (AvgIpc) is 3.47. The Hall–Kier alpha value is -3.41. The summed E-state index contributed by atoms with van der Waals surface area (Å²) in [6.07, 6.45) is 91.8. The van der Waals surface area contributed by atoms with Gasteiger partial charge in [-0.1, -0.05) is 331 Å². The zero-order valence-corrected chi connectivity index (χ0v) is 53.8. The summed E-state index contributed by atoms with van der Waals surface area (Å²) in [6.45, 7) is 6.45. The Kier molecular flexibility index (Phi) is 66.2. The minimum atomic E-state index is -0.787. The smallest absolute Gasteiger partial charge is 0.306 e. The molecule has 0 aromatic heterocycles. The van der Waals surface area contributed by atoms with Crippen LogP contribution >= 0.6 is 0 Å². The summed E-state index contributed by atoms with van der Waals surface area (Å²) in [4.78, 5) is 38.5. The highest BCUT2D eigenvalue weighted by atomic mass is 16.6. The number of carbonyl (C=O) groups is 3. The maximum atomic E-state index is 13.0. The van der Waals surface area contributed by atoms with Gasteiger partial charge in [-0.3, -0.25) is 14.4 Å². The first kappa shape index (κ1) is 77.6. The summed E-state index contributed by atoms with van der Waals surface area (Å²) in [5, 5.41) is 0. The first-order valence-electron chi connectivity index (χ1n) is 35.1. The Morgan fingerprint density at radius 2 is 0.481 bits per heavy atom. The van der Waals surface area contributed by atoms with E-state index in [9.17, 15) is 14.4 Å². The fraction of sp³-hybridized carbons (Fsp3) is 0.773. The normalized spacial score (nSPS) is 12.6. The molecule has 0 aliphatic carbocycles. The van der Waals surface area contributed by atoms with Gasteiger partial charge in [0.25, 0.3) is 0 Å². The molecule has 6 heteroatoms. The minimum absolute atomic E-state index is 0.0806. The van der Waals surface area contributed by atoms with Gasteiger partial charge < -0.3 is 14.2 Å². The minimum Gasteiger partial charge on any atom is -0.462 e. The van der Waals surface area contributed by atoms with Crippen molar-refractivity contribution in [3.8, 4) is 0 Å². The third-order valence-electron chi connectivity index (χ3n) is 15.4. The van der Waals surface area contributed by atoms with E-state index in [1.54, 1.807) is 0 Å².